The molecule has 19 heavy (non-hydrogen) atoms. The third-order valence-corrected chi connectivity index (χ3v) is 4.21. The number of ether oxygens (including phenoxy) is 1. The molecule has 2 saturated heterocycles. The summed E-state index contributed by atoms with van der Waals surface area (Å²) in [5, 5.41) is 0. The second-order valence-electron chi connectivity index (χ2n) is 4.93. The number of hydrogen-bond donors (Lipinski definition) is 0. The summed E-state index contributed by atoms with van der Waals surface area (Å²) in [5.41, 5.74) is 2.17. The van der Waals surface area contributed by atoms with Crippen molar-refractivity contribution in [3.63, 3.8) is 0 Å². The van der Waals surface area contributed by atoms with E-state index in [0.717, 1.165) is 38.5 Å². The van der Waals surface area contributed by atoms with E-state index >= 15 is 0 Å². The molecule has 0 spiro atoms. The molecule has 1 aromatic rings. The summed E-state index contributed by atoms with van der Waals surface area (Å²) in [7, 11) is 0. The minimum absolute atomic E-state index is 0.195. The molecular weight excluding hydrogens is 308 g/mol. The topological polar surface area (TPSA) is 32.8 Å². The maximum Gasteiger partial charge on any atom is 0.228 e. The summed E-state index contributed by atoms with van der Waals surface area (Å²) in [4.78, 5) is 16.4. The minimum Gasteiger partial charge on any atom is -0.378 e. The number of morpholine rings is 1. The number of halogens is 1. The minimum atomic E-state index is 0.195. The summed E-state index contributed by atoms with van der Waals surface area (Å²) in [6.07, 6.45) is 0.585. The van der Waals surface area contributed by atoms with Crippen molar-refractivity contribution in [1.82, 2.24) is 0 Å². The number of carbonyl (C=O) groups excluding carboxylic acids is 1. The third kappa shape index (κ3) is 2.77. The van der Waals surface area contributed by atoms with E-state index in [-0.39, 0.29) is 10.7 Å². The van der Waals surface area contributed by atoms with Crippen molar-refractivity contribution in [3.8, 4) is 0 Å². The van der Waals surface area contributed by atoms with E-state index in [1.165, 1.54) is 5.69 Å². The lowest BCUT2D eigenvalue weighted by Gasteiger charge is -2.29. The lowest BCUT2D eigenvalue weighted by atomic mass is 10.2. The molecule has 5 heteroatoms. The smallest absolute Gasteiger partial charge is 0.228 e. The maximum atomic E-state index is 11.9. The molecule has 0 aliphatic carbocycles. The van der Waals surface area contributed by atoms with Crippen LogP contribution < -0.4 is 9.80 Å². The molecule has 1 amide bonds. The van der Waals surface area contributed by atoms with Gasteiger partial charge in [0.25, 0.3) is 0 Å². The normalized spacial score (nSPS) is 24.1. The van der Waals surface area contributed by atoms with Gasteiger partial charge < -0.3 is 14.5 Å². The molecule has 4 nitrogen and oxygen atoms in total. The molecular formula is C14H17BrN2O2. The number of anilines is 2. The van der Waals surface area contributed by atoms with Gasteiger partial charge in [0.05, 0.1) is 13.2 Å². The monoisotopic (exact) mass is 324 g/mol. The predicted molar refractivity (Wildman–Crippen MR) is 79.2 cm³/mol. The van der Waals surface area contributed by atoms with Gasteiger partial charge in [-0.25, -0.2) is 0 Å². The molecule has 1 aromatic carbocycles. The molecule has 0 radical (unpaired) electrons. The van der Waals surface area contributed by atoms with Gasteiger partial charge in [-0.2, -0.15) is 0 Å². The van der Waals surface area contributed by atoms with Gasteiger partial charge in [-0.3, -0.25) is 4.79 Å². The Hall–Kier alpha value is -1.07. The van der Waals surface area contributed by atoms with Crippen LogP contribution in [-0.2, 0) is 9.53 Å². The highest BCUT2D eigenvalue weighted by Gasteiger charge is 2.29. The number of amides is 1. The molecule has 1 unspecified atom stereocenters. The van der Waals surface area contributed by atoms with Crippen LogP contribution in [0.1, 0.15) is 6.42 Å². The number of carbonyl (C=O) groups is 1. The Morgan fingerprint density at radius 2 is 1.95 bits per heavy atom. The van der Waals surface area contributed by atoms with Gasteiger partial charge in [0.1, 0.15) is 0 Å². The van der Waals surface area contributed by atoms with Crippen LogP contribution in [0.15, 0.2) is 24.3 Å². The van der Waals surface area contributed by atoms with Crippen molar-refractivity contribution in [2.75, 3.05) is 42.6 Å². The Bertz CT molecular complexity index is 474. The molecule has 2 heterocycles. The Balaban J connectivity index is 1.81. The Morgan fingerprint density at radius 3 is 2.63 bits per heavy atom. The van der Waals surface area contributed by atoms with Gasteiger partial charge in [-0.05, 0) is 18.2 Å². The van der Waals surface area contributed by atoms with Gasteiger partial charge in [-0.15, -0.1) is 0 Å². The van der Waals surface area contributed by atoms with Crippen molar-refractivity contribution in [2.24, 2.45) is 0 Å². The quantitative estimate of drug-likeness (QED) is 0.780. The van der Waals surface area contributed by atoms with Gasteiger partial charge in [-0.1, -0.05) is 22.0 Å². The van der Waals surface area contributed by atoms with Crippen molar-refractivity contribution < 1.29 is 9.53 Å². The van der Waals surface area contributed by atoms with Crippen LogP contribution in [0, 0.1) is 0 Å². The van der Waals surface area contributed by atoms with Crippen LogP contribution in [0.3, 0.4) is 0 Å². The average molecular weight is 325 g/mol. The van der Waals surface area contributed by atoms with E-state index in [9.17, 15) is 4.79 Å². The van der Waals surface area contributed by atoms with E-state index in [1.54, 1.807) is 0 Å². The summed E-state index contributed by atoms with van der Waals surface area (Å²) in [5.74, 6) is 0.195. The lowest BCUT2D eigenvalue weighted by molar-refractivity contribution is -0.117. The highest BCUT2D eigenvalue weighted by molar-refractivity contribution is 9.09. The van der Waals surface area contributed by atoms with Crippen LogP contribution in [-0.4, -0.2) is 43.6 Å². The van der Waals surface area contributed by atoms with Crippen LogP contribution in [0.2, 0.25) is 0 Å². The molecule has 0 N–H and O–H groups in total. The van der Waals surface area contributed by atoms with Crippen LogP contribution in [0.4, 0.5) is 11.4 Å². The molecule has 2 aliphatic heterocycles. The number of rotatable bonds is 2. The van der Waals surface area contributed by atoms with Crippen molar-refractivity contribution in [3.05, 3.63) is 24.3 Å². The molecule has 2 aliphatic rings. The lowest BCUT2D eigenvalue weighted by Crippen LogP contribution is -2.36. The second kappa shape index (κ2) is 5.51. The summed E-state index contributed by atoms with van der Waals surface area (Å²) >= 11 is 3.52. The number of nitrogens with zero attached hydrogens (tertiary/aromatic N) is 2. The first-order chi connectivity index (χ1) is 9.24. The number of hydrogen-bond acceptors (Lipinski definition) is 3. The zero-order chi connectivity index (χ0) is 13.2. The Kier molecular flexibility index (Phi) is 3.75. The van der Waals surface area contributed by atoms with Crippen molar-refractivity contribution in [2.45, 2.75) is 11.2 Å². The highest BCUT2D eigenvalue weighted by atomic mass is 79.9. The van der Waals surface area contributed by atoms with E-state index < -0.39 is 0 Å². The molecule has 2 fully saturated rings. The fraction of sp³-hybridized carbons (Fsp3) is 0.500. The summed E-state index contributed by atoms with van der Waals surface area (Å²) < 4.78 is 5.37. The Morgan fingerprint density at radius 1 is 1.21 bits per heavy atom. The maximum absolute atomic E-state index is 11.9. The third-order valence-electron chi connectivity index (χ3n) is 3.60. The molecule has 0 saturated carbocycles. The number of benzene rings is 1. The van der Waals surface area contributed by atoms with E-state index in [4.69, 9.17) is 4.74 Å². The average Bonchev–Trinajstić information content (AvgIpc) is 2.79. The van der Waals surface area contributed by atoms with Gasteiger partial charge >= 0.3 is 0 Å². The van der Waals surface area contributed by atoms with Crippen LogP contribution >= 0.6 is 15.9 Å². The molecule has 3 rings (SSSR count). The Labute approximate surface area is 121 Å². The van der Waals surface area contributed by atoms with Crippen molar-refractivity contribution >= 4 is 33.2 Å². The van der Waals surface area contributed by atoms with Gasteiger partial charge in [0.2, 0.25) is 5.91 Å². The highest BCUT2D eigenvalue weighted by Crippen LogP contribution is 2.28. The zero-order valence-electron chi connectivity index (χ0n) is 10.7. The molecule has 0 aromatic heterocycles. The number of alkyl halides is 1. The summed E-state index contributed by atoms with van der Waals surface area (Å²) in [6, 6.07) is 8.23. The standard InChI is InChI=1S/C14H17BrN2O2/c15-11-8-14(18)17(10-11)13-3-1-2-12(9-13)16-4-6-19-7-5-16/h1-3,9,11H,4-8,10H2. The fourth-order valence-electron chi connectivity index (χ4n) is 2.59. The second-order valence-corrected chi connectivity index (χ2v) is 6.22. The van der Waals surface area contributed by atoms with Crippen LogP contribution in [0.5, 0.6) is 0 Å². The zero-order valence-corrected chi connectivity index (χ0v) is 12.3. The molecule has 1 atom stereocenters. The van der Waals surface area contributed by atoms with Crippen molar-refractivity contribution in [1.29, 1.82) is 0 Å². The SMILES string of the molecule is O=C1CC(Br)CN1c1cccc(N2CCOCC2)c1. The van der Waals surface area contributed by atoms with E-state index in [1.807, 2.05) is 17.0 Å². The molecule has 0 bridgehead atoms. The van der Waals surface area contributed by atoms with Crippen LogP contribution in [0.25, 0.3) is 0 Å². The van der Waals surface area contributed by atoms with E-state index in [2.05, 4.69) is 33.0 Å². The fourth-order valence-corrected chi connectivity index (χ4v) is 3.16. The first kappa shape index (κ1) is 12.9. The predicted octanol–water partition coefficient (Wildman–Crippen LogP) is 2.02. The molecule has 102 valence electrons. The first-order valence-corrected chi connectivity index (χ1v) is 7.53. The van der Waals surface area contributed by atoms with Gasteiger partial charge in [0, 0.05) is 42.3 Å². The summed E-state index contributed by atoms with van der Waals surface area (Å²) in [6.45, 7) is 4.13. The largest absolute Gasteiger partial charge is 0.378 e. The van der Waals surface area contributed by atoms with E-state index in [0.29, 0.717) is 6.42 Å². The van der Waals surface area contributed by atoms with Gasteiger partial charge in [0.15, 0.2) is 0 Å². The first-order valence-electron chi connectivity index (χ1n) is 6.61.